The van der Waals surface area contributed by atoms with Crippen LogP contribution in [0.5, 0.6) is 0 Å². The van der Waals surface area contributed by atoms with Gasteiger partial charge < -0.3 is 4.90 Å². The summed E-state index contributed by atoms with van der Waals surface area (Å²) in [4.78, 5) is 23.5. The highest BCUT2D eigenvalue weighted by Gasteiger charge is 2.28. The molecule has 28 heavy (non-hydrogen) atoms. The summed E-state index contributed by atoms with van der Waals surface area (Å²) in [5, 5.41) is 0. The van der Waals surface area contributed by atoms with E-state index in [1.54, 1.807) is 29.4 Å². The number of piperidine rings is 1. The van der Waals surface area contributed by atoms with Crippen molar-refractivity contribution >= 4 is 5.91 Å². The molecule has 0 bridgehead atoms. The minimum atomic E-state index is -0.368. The number of aromatic nitrogens is 2. The number of likely N-dealkylation sites (tertiary alicyclic amines) is 1. The Hall–Kier alpha value is -3.15. The van der Waals surface area contributed by atoms with Crippen molar-refractivity contribution < 1.29 is 13.6 Å². The lowest BCUT2D eigenvalue weighted by atomic mass is 9.91. The van der Waals surface area contributed by atoms with E-state index < -0.39 is 0 Å². The molecule has 1 fully saturated rings. The second-order valence-electron chi connectivity index (χ2n) is 6.90. The quantitative estimate of drug-likeness (QED) is 0.676. The average Bonchev–Trinajstić information content (AvgIpc) is 2.74. The second-order valence-corrected chi connectivity index (χ2v) is 6.90. The van der Waals surface area contributed by atoms with Crippen molar-refractivity contribution in [1.29, 1.82) is 0 Å². The molecular formula is C22H19F2N3O. The van der Waals surface area contributed by atoms with Gasteiger partial charge in [-0.25, -0.2) is 8.78 Å². The van der Waals surface area contributed by atoms with E-state index >= 15 is 0 Å². The first-order valence-electron chi connectivity index (χ1n) is 9.23. The Labute approximate surface area is 161 Å². The summed E-state index contributed by atoms with van der Waals surface area (Å²) >= 11 is 0. The maximum Gasteiger partial charge on any atom is 0.253 e. The summed E-state index contributed by atoms with van der Waals surface area (Å²) in [7, 11) is 0. The summed E-state index contributed by atoms with van der Waals surface area (Å²) < 4.78 is 26.8. The number of nitrogens with zero attached hydrogens (tertiary/aromatic N) is 3. The molecule has 3 aromatic rings. The minimum absolute atomic E-state index is 0.00474. The Morgan fingerprint density at radius 1 is 1.00 bits per heavy atom. The Bertz CT molecular complexity index is 991. The number of hydrogen-bond acceptors (Lipinski definition) is 3. The molecule has 142 valence electrons. The molecule has 0 spiro atoms. The van der Waals surface area contributed by atoms with Crippen molar-refractivity contribution in [2.45, 2.75) is 18.8 Å². The Morgan fingerprint density at radius 3 is 2.57 bits per heavy atom. The van der Waals surface area contributed by atoms with Gasteiger partial charge in [-0.15, -0.1) is 0 Å². The standard InChI is InChI=1S/C22H19F2N3O/c23-18-8-6-15(7-9-18)22(28)27-12-2-4-17(14-27)21-20(25-10-11-26-21)16-3-1-5-19(24)13-16/h1,3,5-11,13,17H,2,4,12,14H2. The summed E-state index contributed by atoms with van der Waals surface area (Å²) in [6.45, 7) is 1.14. The highest BCUT2D eigenvalue weighted by atomic mass is 19.1. The summed E-state index contributed by atoms with van der Waals surface area (Å²) in [6.07, 6.45) is 4.91. The van der Waals surface area contributed by atoms with E-state index in [2.05, 4.69) is 9.97 Å². The third-order valence-electron chi connectivity index (χ3n) is 5.01. The van der Waals surface area contributed by atoms with Crippen molar-refractivity contribution in [2.24, 2.45) is 0 Å². The molecule has 1 unspecified atom stereocenters. The monoisotopic (exact) mass is 379 g/mol. The van der Waals surface area contributed by atoms with E-state index in [0.717, 1.165) is 18.5 Å². The molecule has 1 saturated heterocycles. The van der Waals surface area contributed by atoms with Crippen molar-refractivity contribution in [3.63, 3.8) is 0 Å². The molecule has 0 aliphatic carbocycles. The summed E-state index contributed by atoms with van der Waals surface area (Å²) in [6, 6.07) is 11.9. The molecule has 2 heterocycles. The lowest BCUT2D eigenvalue weighted by Gasteiger charge is -2.33. The first-order valence-corrected chi connectivity index (χ1v) is 9.23. The van der Waals surface area contributed by atoms with Gasteiger partial charge in [-0.2, -0.15) is 0 Å². The van der Waals surface area contributed by atoms with Crippen molar-refractivity contribution in [2.75, 3.05) is 13.1 Å². The molecule has 1 aromatic heterocycles. The van der Waals surface area contributed by atoms with E-state index in [9.17, 15) is 13.6 Å². The van der Waals surface area contributed by atoms with Gasteiger partial charge in [-0.3, -0.25) is 14.8 Å². The van der Waals surface area contributed by atoms with Crippen molar-refractivity contribution in [3.8, 4) is 11.3 Å². The number of amides is 1. The van der Waals surface area contributed by atoms with Crippen molar-refractivity contribution in [1.82, 2.24) is 14.9 Å². The molecule has 2 aromatic carbocycles. The summed E-state index contributed by atoms with van der Waals surface area (Å²) in [5.41, 5.74) is 2.55. The van der Waals surface area contributed by atoms with E-state index in [4.69, 9.17) is 0 Å². The first-order chi connectivity index (χ1) is 13.6. The van der Waals surface area contributed by atoms with Crippen molar-refractivity contribution in [3.05, 3.63) is 83.8 Å². The number of halogens is 2. The van der Waals surface area contributed by atoms with E-state index in [0.29, 0.717) is 29.9 Å². The zero-order valence-electron chi connectivity index (χ0n) is 15.2. The fourth-order valence-corrected chi connectivity index (χ4v) is 3.67. The smallest absolute Gasteiger partial charge is 0.253 e. The van der Waals surface area contributed by atoms with Crippen LogP contribution in [0.2, 0.25) is 0 Å². The minimum Gasteiger partial charge on any atom is -0.338 e. The van der Waals surface area contributed by atoms with E-state index in [-0.39, 0.29) is 23.5 Å². The molecule has 4 nitrogen and oxygen atoms in total. The fourth-order valence-electron chi connectivity index (χ4n) is 3.67. The maximum absolute atomic E-state index is 13.7. The zero-order chi connectivity index (χ0) is 19.5. The molecule has 0 radical (unpaired) electrons. The topological polar surface area (TPSA) is 46.1 Å². The van der Waals surface area contributed by atoms with Crippen LogP contribution in [0.25, 0.3) is 11.3 Å². The largest absolute Gasteiger partial charge is 0.338 e. The van der Waals surface area contributed by atoms with Crippen LogP contribution in [0.3, 0.4) is 0 Å². The van der Waals surface area contributed by atoms with Gasteiger partial charge in [-0.05, 0) is 49.2 Å². The summed E-state index contributed by atoms with van der Waals surface area (Å²) in [5.74, 6) is -0.816. The Morgan fingerprint density at radius 2 is 1.79 bits per heavy atom. The number of rotatable bonds is 3. The van der Waals surface area contributed by atoms with Gasteiger partial charge in [-0.1, -0.05) is 12.1 Å². The van der Waals surface area contributed by atoms with Gasteiger partial charge >= 0.3 is 0 Å². The van der Waals surface area contributed by atoms with Crippen LogP contribution in [0, 0.1) is 11.6 Å². The Balaban J connectivity index is 1.60. The molecule has 1 atom stereocenters. The zero-order valence-corrected chi connectivity index (χ0v) is 15.2. The average molecular weight is 379 g/mol. The van der Waals surface area contributed by atoms with Crippen LogP contribution in [0.1, 0.15) is 34.8 Å². The number of benzene rings is 2. The fraction of sp³-hybridized carbons (Fsp3) is 0.227. The lowest BCUT2D eigenvalue weighted by Crippen LogP contribution is -2.39. The van der Waals surface area contributed by atoms with Gasteiger partial charge in [0.1, 0.15) is 11.6 Å². The van der Waals surface area contributed by atoms with Gasteiger partial charge in [0, 0.05) is 42.5 Å². The molecular weight excluding hydrogens is 360 g/mol. The van der Waals surface area contributed by atoms with Gasteiger partial charge in [0.15, 0.2) is 0 Å². The molecule has 1 aliphatic heterocycles. The Kier molecular flexibility index (Phi) is 5.10. The highest BCUT2D eigenvalue weighted by molar-refractivity contribution is 5.94. The third-order valence-corrected chi connectivity index (χ3v) is 5.01. The third kappa shape index (κ3) is 3.76. The molecule has 4 rings (SSSR count). The van der Waals surface area contributed by atoms with Crippen LogP contribution >= 0.6 is 0 Å². The molecule has 1 amide bonds. The predicted molar refractivity (Wildman–Crippen MR) is 102 cm³/mol. The highest BCUT2D eigenvalue weighted by Crippen LogP contribution is 2.32. The number of hydrogen-bond donors (Lipinski definition) is 0. The molecule has 0 saturated carbocycles. The number of carbonyl (C=O) groups excluding carboxylic acids is 1. The molecule has 6 heteroatoms. The van der Waals surface area contributed by atoms with Crippen LogP contribution in [0.4, 0.5) is 8.78 Å². The van der Waals surface area contributed by atoms with Gasteiger partial charge in [0.25, 0.3) is 5.91 Å². The number of carbonyl (C=O) groups is 1. The van der Waals surface area contributed by atoms with Crippen LogP contribution < -0.4 is 0 Å². The van der Waals surface area contributed by atoms with Crippen LogP contribution in [0.15, 0.2) is 60.9 Å². The lowest BCUT2D eigenvalue weighted by molar-refractivity contribution is 0.0706. The van der Waals surface area contributed by atoms with E-state index in [1.165, 1.54) is 36.4 Å². The van der Waals surface area contributed by atoms with E-state index in [1.807, 2.05) is 0 Å². The first kappa shape index (κ1) is 18.2. The van der Waals surface area contributed by atoms with Gasteiger partial charge in [0.2, 0.25) is 0 Å². The maximum atomic E-state index is 13.7. The van der Waals surface area contributed by atoms with Crippen LogP contribution in [-0.4, -0.2) is 33.9 Å². The normalized spacial score (nSPS) is 16.8. The molecule has 1 aliphatic rings. The van der Waals surface area contributed by atoms with Crippen LogP contribution in [-0.2, 0) is 0 Å². The predicted octanol–water partition coefficient (Wildman–Crippen LogP) is 4.44. The van der Waals surface area contributed by atoms with Gasteiger partial charge in [0.05, 0.1) is 11.4 Å². The molecule has 0 N–H and O–H groups in total. The SMILES string of the molecule is O=C(c1ccc(F)cc1)N1CCCC(c2nccnc2-c2cccc(F)c2)C1. The second kappa shape index (κ2) is 7.84.